The summed E-state index contributed by atoms with van der Waals surface area (Å²) in [5.41, 5.74) is 0.847. The Kier molecular flexibility index (Phi) is 8.34. The lowest BCUT2D eigenvalue weighted by Gasteiger charge is -2.29. The Balaban J connectivity index is 2.19. The van der Waals surface area contributed by atoms with Gasteiger partial charge >= 0.3 is 0 Å². The first-order valence-corrected chi connectivity index (χ1v) is 9.79. The summed E-state index contributed by atoms with van der Waals surface area (Å²) in [6, 6.07) is 13.6. The maximum atomic E-state index is 13.0. The minimum Gasteiger partial charge on any atom is -0.497 e. The van der Waals surface area contributed by atoms with E-state index in [0.29, 0.717) is 16.5 Å². The van der Waals surface area contributed by atoms with Gasteiger partial charge in [-0.2, -0.15) is 0 Å². The molecule has 0 spiro atoms. The quantitative estimate of drug-likeness (QED) is 0.674. The number of nitrogens with zero attached hydrogens (tertiary/aromatic N) is 1. The summed E-state index contributed by atoms with van der Waals surface area (Å²) in [7, 11) is 1.58. The third kappa shape index (κ3) is 6.68. The summed E-state index contributed by atoms with van der Waals surface area (Å²) in [5.74, 6) is 0.553. The Morgan fingerprint density at radius 2 is 1.83 bits per heavy atom. The predicted octanol–water partition coefficient (Wildman–Crippen LogP) is 3.67. The second-order valence-corrected chi connectivity index (χ2v) is 7.34. The van der Waals surface area contributed by atoms with Gasteiger partial charge in [-0.25, -0.2) is 0 Å². The summed E-state index contributed by atoms with van der Waals surface area (Å²) in [5, 5.41) is 3.27. The maximum Gasteiger partial charge on any atom is 0.261 e. The van der Waals surface area contributed by atoms with Crippen molar-refractivity contribution in [3.63, 3.8) is 0 Å². The molecule has 7 heteroatoms. The molecule has 0 aliphatic carbocycles. The van der Waals surface area contributed by atoms with Crippen molar-refractivity contribution in [1.29, 1.82) is 0 Å². The van der Waals surface area contributed by atoms with Crippen molar-refractivity contribution in [3.8, 4) is 11.5 Å². The normalized spacial score (nSPS) is 11.7. The Hall–Kier alpha value is -2.73. The zero-order valence-corrected chi connectivity index (χ0v) is 17.9. The summed E-state index contributed by atoms with van der Waals surface area (Å²) in [6.45, 7) is 5.46. The number of carbonyl (C=O) groups is 2. The van der Waals surface area contributed by atoms with Gasteiger partial charge in [-0.05, 0) is 50.6 Å². The maximum absolute atomic E-state index is 13.0. The number of rotatable bonds is 9. The molecule has 0 aliphatic rings. The zero-order valence-electron chi connectivity index (χ0n) is 17.1. The molecule has 1 N–H and O–H groups in total. The van der Waals surface area contributed by atoms with Gasteiger partial charge in [0.2, 0.25) is 5.91 Å². The lowest BCUT2D eigenvalue weighted by molar-refractivity contribution is -0.142. The van der Waals surface area contributed by atoms with Crippen LogP contribution in [0.1, 0.15) is 26.3 Å². The Morgan fingerprint density at radius 1 is 1.10 bits per heavy atom. The van der Waals surface area contributed by atoms with E-state index in [2.05, 4.69) is 5.32 Å². The van der Waals surface area contributed by atoms with Crippen molar-refractivity contribution in [2.24, 2.45) is 0 Å². The fourth-order valence-electron chi connectivity index (χ4n) is 2.74. The number of amides is 2. The third-order valence-electron chi connectivity index (χ3n) is 4.27. The number of halogens is 1. The fraction of sp³-hybridized carbons (Fsp3) is 0.364. The van der Waals surface area contributed by atoms with Crippen LogP contribution in [0, 0.1) is 0 Å². The van der Waals surface area contributed by atoms with E-state index in [1.54, 1.807) is 38.3 Å². The van der Waals surface area contributed by atoms with Crippen molar-refractivity contribution >= 4 is 23.4 Å². The number of ether oxygens (including phenoxy) is 2. The van der Waals surface area contributed by atoms with Gasteiger partial charge < -0.3 is 19.7 Å². The third-order valence-corrected chi connectivity index (χ3v) is 4.59. The molecule has 0 fully saturated rings. The number of carbonyl (C=O) groups excluding carboxylic acids is 2. The van der Waals surface area contributed by atoms with Crippen LogP contribution in [0.25, 0.3) is 0 Å². The molecular formula is C22H27ClN2O4. The predicted molar refractivity (Wildman–Crippen MR) is 113 cm³/mol. The molecule has 0 saturated carbocycles. The van der Waals surface area contributed by atoms with E-state index >= 15 is 0 Å². The van der Waals surface area contributed by atoms with Crippen molar-refractivity contribution in [1.82, 2.24) is 10.2 Å². The van der Waals surface area contributed by atoms with Crippen molar-refractivity contribution in [3.05, 3.63) is 59.1 Å². The molecule has 29 heavy (non-hydrogen) atoms. The Bertz CT molecular complexity index is 841. The smallest absolute Gasteiger partial charge is 0.261 e. The van der Waals surface area contributed by atoms with Crippen LogP contribution in [0.3, 0.4) is 0 Å². The Morgan fingerprint density at radius 3 is 2.48 bits per heavy atom. The molecule has 0 aromatic heterocycles. The van der Waals surface area contributed by atoms with Gasteiger partial charge in [-0.15, -0.1) is 0 Å². The van der Waals surface area contributed by atoms with E-state index in [0.717, 1.165) is 5.56 Å². The summed E-state index contributed by atoms with van der Waals surface area (Å²) < 4.78 is 10.8. The molecule has 0 heterocycles. The van der Waals surface area contributed by atoms with Crippen molar-refractivity contribution in [2.75, 3.05) is 13.7 Å². The van der Waals surface area contributed by atoms with Gasteiger partial charge in [0.15, 0.2) is 6.61 Å². The number of para-hydroxylation sites is 1. The van der Waals surface area contributed by atoms with Gasteiger partial charge in [0.05, 0.1) is 12.1 Å². The minimum atomic E-state index is -0.675. The first-order chi connectivity index (χ1) is 13.8. The molecule has 1 unspecified atom stereocenters. The molecule has 0 radical (unpaired) electrons. The zero-order chi connectivity index (χ0) is 21.4. The highest BCUT2D eigenvalue weighted by atomic mass is 35.5. The molecule has 2 aromatic carbocycles. The van der Waals surface area contributed by atoms with Crippen molar-refractivity contribution < 1.29 is 19.1 Å². The summed E-state index contributed by atoms with van der Waals surface area (Å²) in [4.78, 5) is 27.0. The number of nitrogens with one attached hydrogen (secondary N) is 1. The number of methoxy groups -OCH3 is 1. The van der Waals surface area contributed by atoms with Crippen LogP contribution in [0.2, 0.25) is 5.02 Å². The molecule has 2 aromatic rings. The van der Waals surface area contributed by atoms with Crippen LogP contribution in [-0.4, -0.2) is 42.5 Å². The van der Waals surface area contributed by atoms with Gasteiger partial charge in [0, 0.05) is 12.6 Å². The molecule has 156 valence electrons. The molecule has 0 bridgehead atoms. The lowest BCUT2D eigenvalue weighted by atomic mass is 10.1. The second-order valence-electron chi connectivity index (χ2n) is 6.93. The fourth-order valence-corrected chi connectivity index (χ4v) is 2.93. The van der Waals surface area contributed by atoms with Gasteiger partial charge in [-0.1, -0.05) is 35.9 Å². The molecule has 1 atom stereocenters. The lowest BCUT2D eigenvalue weighted by Crippen LogP contribution is -2.50. The van der Waals surface area contributed by atoms with E-state index < -0.39 is 6.04 Å². The van der Waals surface area contributed by atoms with Crippen LogP contribution in [0.4, 0.5) is 0 Å². The number of hydrogen-bond acceptors (Lipinski definition) is 4. The van der Waals surface area contributed by atoms with E-state index in [9.17, 15) is 9.59 Å². The Labute approximate surface area is 176 Å². The second kappa shape index (κ2) is 10.7. The average Bonchev–Trinajstić information content (AvgIpc) is 2.70. The first-order valence-electron chi connectivity index (χ1n) is 9.42. The topological polar surface area (TPSA) is 67.9 Å². The molecule has 2 amide bonds. The molecule has 2 rings (SSSR count). The number of benzene rings is 2. The first kappa shape index (κ1) is 22.6. The van der Waals surface area contributed by atoms with Gasteiger partial charge in [0.25, 0.3) is 5.91 Å². The van der Waals surface area contributed by atoms with E-state index in [-0.39, 0.29) is 31.0 Å². The molecular weight excluding hydrogens is 392 g/mol. The van der Waals surface area contributed by atoms with Gasteiger partial charge in [0.1, 0.15) is 17.5 Å². The van der Waals surface area contributed by atoms with Crippen LogP contribution >= 0.6 is 11.6 Å². The van der Waals surface area contributed by atoms with Gasteiger partial charge in [-0.3, -0.25) is 9.59 Å². The largest absolute Gasteiger partial charge is 0.497 e. The van der Waals surface area contributed by atoms with Crippen molar-refractivity contribution in [2.45, 2.75) is 39.4 Å². The van der Waals surface area contributed by atoms with Crippen LogP contribution in [0.5, 0.6) is 11.5 Å². The molecule has 6 nitrogen and oxygen atoms in total. The van der Waals surface area contributed by atoms with Crippen LogP contribution in [-0.2, 0) is 16.1 Å². The molecule has 0 saturated heterocycles. The summed E-state index contributed by atoms with van der Waals surface area (Å²) >= 11 is 6.09. The minimum absolute atomic E-state index is 0.0295. The highest BCUT2D eigenvalue weighted by Gasteiger charge is 2.27. The standard InChI is InChI=1S/C22H27ClN2O4/c1-15(2)24-22(27)16(3)25(13-17-8-7-9-18(12-17)28-4)21(26)14-29-20-11-6-5-10-19(20)23/h5-12,15-16H,13-14H2,1-4H3,(H,24,27). The van der Waals surface area contributed by atoms with E-state index in [1.165, 1.54) is 4.90 Å². The van der Waals surface area contributed by atoms with Crippen LogP contribution < -0.4 is 14.8 Å². The average molecular weight is 419 g/mol. The monoisotopic (exact) mass is 418 g/mol. The number of hydrogen-bond donors (Lipinski definition) is 1. The van der Waals surface area contributed by atoms with Crippen LogP contribution in [0.15, 0.2) is 48.5 Å². The summed E-state index contributed by atoms with van der Waals surface area (Å²) in [6.07, 6.45) is 0. The SMILES string of the molecule is COc1cccc(CN(C(=O)COc2ccccc2Cl)C(C)C(=O)NC(C)C)c1. The highest BCUT2D eigenvalue weighted by Crippen LogP contribution is 2.23. The van der Waals surface area contributed by atoms with E-state index in [4.69, 9.17) is 21.1 Å². The van der Waals surface area contributed by atoms with E-state index in [1.807, 2.05) is 38.1 Å². The molecule has 0 aliphatic heterocycles. The highest BCUT2D eigenvalue weighted by molar-refractivity contribution is 6.32.